The van der Waals surface area contributed by atoms with Crippen molar-refractivity contribution in [3.63, 3.8) is 0 Å². The molecule has 1 atom stereocenters. The predicted octanol–water partition coefficient (Wildman–Crippen LogP) is -1.14. The minimum atomic E-state index is -0.951. The molecular formula is C11H15N3O5. The molecule has 4 amide bonds. The van der Waals surface area contributed by atoms with Crippen LogP contribution in [0.2, 0.25) is 0 Å². The molecule has 104 valence electrons. The molecule has 0 aromatic rings. The molecule has 1 unspecified atom stereocenters. The average molecular weight is 269 g/mol. The molecule has 0 aliphatic carbocycles. The summed E-state index contributed by atoms with van der Waals surface area (Å²) in [6.45, 7) is 1.58. The summed E-state index contributed by atoms with van der Waals surface area (Å²) in [5.41, 5.74) is -0.951. The number of carboxylic acid groups (broad SMARTS) is 1. The van der Waals surface area contributed by atoms with Crippen LogP contribution < -0.4 is 5.32 Å². The second-order valence-corrected chi connectivity index (χ2v) is 5.07. The van der Waals surface area contributed by atoms with Crippen LogP contribution in [-0.2, 0) is 14.4 Å². The Balaban J connectivity index is 1.97. The Morgan fingerprint density at radius 3 is 2.58 bits per heavy atom. The summed E-state index contributed by atoms with van der Waals surface area (Å²) >= 11 is 0. The molecule has 2 N–H and O–H groups in total. The summed E-state index contributed by atoms with van der Waals surface area (Å²) in [4.78, 5) is 47.9. The lowest BCUT2D eigenvalue weighted by Crippen LogP contribution is -2.43. The zero-order valence-corrected chi connectivity index (χ0v) is 10.5. The van der Waals surface area contributed by atoms with E-state index in [1.165, 1.54) is 4.90 Å². The van der Waals surface area contributed by atoms with Gasteiger partial charge in [-0.2, -0.15) is 0 Å². The number of hydrogen-bond donors (Lipinski definition) is 2. The van der Waals surface area contributed by atoms with Crippen molar-refractivity contribution in [2.45, 2.75) is 13.3 Å². The fourth-order valence-corrected chi connectivity index (χ4v) is 2.20. The lowest BCUT2D eigenvalue weighted by atomic mass is 9.90. The Bertz CT molecular complexity index is 447. The van der Waals surface area contributed by atoms with Crippen LogP contribution in [0.3, 0.4) is 0 Å². The molecule has 0 aromatic carbocycles. The van der Waals surface area contributed by atoms with E-state index in [4.69, 9.17) is 5.11 Å². The number of urea groups is 1. The van der Waals surface area contributed by atoms with Gasteiger partial charge in [-0.25, -0.2) is 4.79 Å². The van der Waals surface area contributed by atoms with Crippen molar-refractivity contribution in [1.82, 2.24) is 15.1 Å². The van der Waals surface area contributed by atoms with E-state index in [2.05, 4.69) is 5.32 Å². The van der Waals surface area contributed by atoms with Crippen molar-refractivity contribution in [2.24, 2.45) is 5.41 Å². The van der Waals surface area contributed by atoms with Crippen LogP contribution >= 0.6 is 0 Å². The van der Waals surface area contributed by atoms with Gasteiger partial charge in [0.05, 0.1) is 12.0 Å². The predicted molar refractivity (Wildman–Crippen MR) is 62.1 cm³/mol. The number of carbonyl (C=O) groups is 4. The molecule has 2 heterocycles. The minimum absolute atomic E-state index is 0.0983. The van der Waals surface area contributed by atoms with Crippen LogP contribution in [0.5, 0.6) is 0 Å². The molecule has 0 aromatic heterocycles. The lowest BCUT2D eigenvalue weighted by molar-refractivity contribution is -0.147. The first-order valence-electron chi connectivity index (χ1n) is 5.93. The fourth-order valence-electron chi connectivity index (χ4n) is 2.20. The maximum absolute atomic E-state index is 12.0. The van der Waals surface area contributed by atoms with Crippen molar-refractivity contribution in [1.29, 1.82) is 0 Å². The van der Waals surface area contributed by atoms with Gasteiger partial charge in [-0.3, -0.25) is 19.3 Å². The monoisotopic (exact) mass is 269 g/mol. The Morgan fingerprint density at radius 1 is 1.42 bits per heavy atom. The molecule has 8 heteroatoms. The number of hydrogen-bond acceptors (Lipinski definition) is 4. The van der Waals surface area contributed by atoms with Gasteiger partial charge in [-0.1, -0.05) is 0 Å². The van der Waals surface area contributed by atoms with Crippen LogP contribution in [-0.4, -0.2) is 64.9 Å². The van der Waals surface area contributed by atoms with E-state index in [0.717, 1.165) is 4.90 Å². The number of carbonyl (C=O) groups excluding carboxylic acids is 3. The summed E-state index contributed by atoms with van der Waals surface area (Å²) in [7, 11) is 0. The van der Waals surface area contributed by atoms with E-state index < -0.39 is 29.2 Å². The number of amides is 4. The Hall–Kier alpha value is -2.12. The highest BCUT2D eigenvalue weighted by atomic mass is 16.4. The molecular weight excluding hydrogens is 254 g/mol. The van der Waals surface area contributed by atoms with Crippen molar-refractivity contribution in [3.05, 3.63) is 0 Å². The van der Waals surface area contributed by atoms with Crippen LogP contribution in [0.25, 0.3) is 0 Å². The molecule has 2 aliphatic rings. The number of carboxylic acids is 1. The molecule has 0 saturated carbocycles. The zero-order valence-electron chi connectivity index (χ0n) is 10.5. The number of imide groups is 1. The summed E-state index contributed by atoms with van der Waals surface area (Å²) in [5, 5.41) is 11.4. The maximum atomic E-state index is 12.0. The molecule has 8 nitrogen and oxygen atoms in total. The van der Waals surface area contributed by atoms with Crippen molar-refractivity contribution in [3.8, 4) is 0 Å². The van der Waals surface area contributed by atoms with Crippen LogP contribution in [0, 0.1) is 5.41 Å². The number of likely N-dealkylation sites (tertiary alicyclic amines) is 1. The van der Waals surface area contributed by atoms with Gasteiger partial charge in [0.15, 0.2) is 0 Å². The Kier molecular flexibility index (Phi) is 3.17. The Morgan fingerprint density at radius 2 is 2.11 bits per heavy atom. The second-order valence-electron chi connectivity index (χ2n) is 5.07. The topological polar surface area (TPSA) is 107 Å². The molecule has 0 radical (unpaired) electrons. The first-order valence-corrected chi connectivity index (χ1v) is 5.93. The van der Waals surface area contributed by atoms with E-state index in [-0.39, 0.29) is 19.6 Å². The minimum Gasteiger partial charge on any atom is -0.481 e. The lowest BCUT2D eigenvalue weighted by Gasteiger charge is -2.21. The normalized spacial score (nSPS) is 26.8. The van der Waals surface area contributed by atoms with E-state index in [1.54, 1.807) is 6.92 Å². The van der Waals surface area contributed by atoms with E-state index in [0.29, 0.717) is 13.0 Å². The molecule has 0 spiro atoms. The Labute approximate surface area is 109 Å². The summed E-state index contributed by atoms with van der Waals surface area (Å²) < 4.78 is 0. The SMILES string of the molecule is CC1(C(=O)O)CCN(C(=O)CN2C(=O)CNC2=O)C1. The van der Waals surface area contributed by atoms with Gasteiger partial charge < -0.3 is 15.3 Å². The summed E-state index contributed by atoms with van der Waals surface area (Å²) in [6.07, 6.45) is 0.369. The first kappa shape index (κ1) is 13.3. The second kappa shape index (κ2) is 4.52. The van der Waals surface area contributed by atoms with E-state index in [9.17, 15) is 19.2 Å². The van der Waals surface area contributed by atoms with Gasteiger partial charge in [-0.15, -0.1) is 0 Å². The summed E-state index contributed by atoms with van der Waals surface area (Å²) in [6, 6.07) is -0.585. The third kappa shape index (κ3) is 2.38. The molecule has 2 fully saturated rings. The van der Waals surface area contributed by atoms with Gasteiger partial charge in [0.1, 0.15) is 6.54 Å². The fraction of sp³-hybridized carbons (Fsp3) is 0.636. The number of aliphatic carboxylic acids is 1. The average Bonchev–Trinajstić information content (AvgIpc) is 2.88. The highest BCUT2D eigenvalue weighted by molar-refractivity contribution is 6.04. The van der Waals surface area contributed by atoms with Crippen LogP contribution in [0.15, 0.2) is 0 Å². The molecule has 19 heavy (non-hydrogen) atoms. The molecule has 2 saturated heterocycles. The summed E-state index contributed by atoms with van der Waals surface area (Å²) in [5.74, 6) is -1.80. The first-order chi connectivity index (χ1) is 8.83. The highest BCUT2D eigenvalue weighted by Gasteiger charge is 2.43. The van der Waals surface area contributed by atoms with E-state index >= 15 is 0 Å². The smallest absolute Gasteiger partial charge is 0.325 e. The van der Waals surface area contributed by atoms with Gasteiger partial charge >= 0.3 is 12.0 Å². The molecule has 2 aliphatic heterocycles. The molecule has 2 rings (SSSR count). The van der Waals surface area contributed by atoms with Gasteiger partial charge in [0.25, 0.3) is 5.91 Å². The third-order valence-electron chi connectivity index (χ3n) is 3.57. The molecule has 0 bridgehead atoms. The van der Waals surface area contributed by atoms with Gasteiger partial charge in [-0.05, 0) is 13.3 Å². The quantitative estimate of drug-likeness (QED) is 0.630. The third-order valence-corrected chi connectivity index (χ3v) is 3.57. The van der Waals surface area contributed by atoms with Crippen molar-refractivity contribution in [2.75, 3.05) is 26.2 Å². The standard InChI is InChI=1S/C11H15N3O5/c1-11(9(17)18)2-3-13(6-11)8(16)5-14-7(15)4-12-10(14)19/h2-6H2,1H3,(H,12,19)(H,17,18). The van der Waals surface area contributed by atoms with Gasteiger partial charge in [0.2, 0.25) is 5.91 Å². The largest absolute Gasteiger partial charge is 0.481 e. The number of nitrogens with zero attached hydrogens (tertiary/aromatic N) is 2. The van der Waals surface area contributed by atoms with Crippen molar-refractivity contribution >= 4 is 23.8 Å². The van der Waals surface area contributed by atoms with Crippen LogP contribution in [0.4, 0.5) is 4.79 Å². The van der Waals surface area contributed by atoms with Crippen molar-refractivity contribution < 1.29 is 24.3 Å². The van der Waals surface area contributed by atoms with Gasteiger partial charge in [0, 0.05) is 13.1 Å². The highest BCUT2D eigenvalue weighted by Crippen LogP contribution is 2.30. The zero-order chi connectivity index (χ0) is 14.2. The van der Waals surface area contributed by atoms with E-state index in [1.807, 2.05) is 0 Å². The number of rotatable bonds is 3. The number of nitrogens with one attached hydrogen (secondary N) is 1. The maximum Gasteiger partial charge on any atom is 0.325 e. The van der Waals surface area contributed by atoms with Crippen LogP contribution in [0.1, 0.15) is 13.3 Å².